The van der Waals surface area contributed by atoms with Crippen LogP contribution in [0.5, 0.6) is 11.8 Å². The minimum absolute atomic E-state index is 0.0263. The van der Waals surface area contributed by atoms with Crippen molar-refractivity contribution in [3.8, 4) is 34.1 Å². The smallest absolute Gasteiger partial charge is 0.322 e. The highest BCUT2D eigenvalue weighted by atomic mass is 19.1. The Morgan fingerprint density at radius 3 is 2.68 bits per heavy atom. The molecule has 3 N–H and O–H groups in total. The summed E-state index contributed by atoms with van der Waals surface area (Å²) in [6.07, 6.45) is 4.74. The number of nitrogens with two attached hydrogens (primary N) is 1. The number of ether oxygens (including phenoxy) is 1. The lowest BCUT2D eigenvalue weighted by molar-refractivity contribution is -0.111. The minimum atomic E-state index is -0.619. The fraction of sp³-hybridized carbons (Fsp3) is 0.0769. The van der Waals surface area contributed by atoms with Crippen LogP contribution in [0.4, 0.5) is 15.9 Å². The van der Waals surface area contributed by atoms with Crippen molar-refractivity contribution in [1.29, 1.82) is 0 Å². The van der Waals surface area contributed by atoms with E-state index in [9.17, 15) is 4.79 Å². The average molecular weight is 497 g/mol. The van der Waals surface area contributed by atoms with Crippen molar-refractivity contribution >= 4 is 22.9 Å². The van der Waals surface area contributed by atoms with Gasteiger partial charge in [-0.1, -0.05) is 31.7 Å². The molecule has 0 saturated heterocycles. The number of halogens is 1. The summed E-state index contributed by atoms with van der Waals surface area (Å²) in [6, 6.07) is 13.3. The van der Waals surface area contributed by atoms with E-state index in [1.165, 1.54) is 29.2 Å². The second-order valence-electron chi connectivity index (χ2n) is 7.91. The summed E-state index contributed by atoms with van der Waals surface area (Å²) in [5, 5.41) is 11.4. The zero-order chi connectivity index (χ0) is 25.9. The fourth-order valence-corrected chi connectivity index (χ4v) is 3.76. The molecule has 2 aromatic carbocycles. The number of hydrogen-bond acceptors (Lipinski definition) is 8. The Labute approximate surface area is 210 Å². The predicted octanol–water partition coefficient (Wildman–Crippen LogP) is 4.45. The van der Waals surface area contributed by atoms with E-state index >= 15 is 4.39 Å². The third kappa shape index (κ3) is 4.69. The molecular weight excluding hydrogens is 475 g/mol. The molecule has 3 heterocycles. The lowest BCUT2D eigenvalue weighted by Crippen LogP contribution is -2.06. The van der Waals surface area contributed by atoms with Gasteiger partial charge >= 0.3 is 6.01 Å². The van der Waals surface area contributed by atoms with Gasteiger partial charge in [-0.25, -0.2) is 14.4 Å². The van der Waals surface area contributed by atoms with E-state index in [1.807, 2.05) is 6.92 Å². The van der Waals surface area contributed by atoms with Gasteiger partial charge in [0.2, 0.25) is 5.91 Å². The first kappa shape index (κ1) is 23.5. The molecule has 184 valence electrons. The molecule has 0 atom stereocenters. The summed E-state index contributed by atoms with van der Waals surface area (Å²) in [7, 11) is 0. The van der Waals surface area contributed by atoms with Gasteiger partial charge in [0.1, 0.15) is 17.5 Å². The highest BCUT2D eigenvalue weighted by Gasteiger charge is 2.21. The zero-order valence-electron chi connectivity index (χ0n) is 19.7. The van der Waals surface area contributed by atoms with E-state index in [2.05, 4.69) is 37.0 Å². The van der Waals surface area contributed by atoms with Gasteiger partial charge in [0.25, 0.3) is 0 Å². The number of carbonyl (C=O) groups excluding carboxylic acids is 1. The molecule has 5 aromatic rings. The molecule has 37 heavy (non-hydrogen) atoms. The van der Waals surface area contributed by atoms with Crippen molar-refractivity contribution in [3.63, 3.8) is 0 Å². The predicted molar refractivity (Wildman–Crippen MR) is 136 cm³/mol. The Morgan fingerprint density at radius 2 is 1.95 bits per heavy atom. The molecule has 0 fully saturated rings. The number of carbonyl (C=O) groups is 1. The van der Waals surface area contributed by atoms with Crippen LogP contribution in [0.1, 0.15) is 12.6 Å². The maximum Gasteiger partial charge on any atom is 0.322 e. The molecule has 0 saturated carbocycles. The Morgan fingerprint density at radius 1 is 1.16 bits per heavy atom. The van der Waals surface area contributed by atoms with E-state index < -0.39 is 5.82 Å². The highest BCUT2D eigenvalue weighted by Crippen LogP contribution is 2.38. The van der Waals surface area contributed by atoms with Crippen molar-refractivity contribution in [2.75, 3.05) is 11.1 Å². The number of fused-ring (bicyclic) bond motifs is 1. The zero-order valence-corrected chi connectivity index (χ0v) is 19.7. The summed E-state index contributed by atoms with van der Waals surface area (Å²) < 4.78 is 22.2. The molecular formula is C26H21FN8O2. The molecule has 5 rings (SSSR count). The van der Waals surface area contributed by atoms with Gasteiger partial charge in [0.15, 0.2) is 17.4 Å². The van der Waals surface area contributed by atoms with Crippen LogP contribution in [-0.2, 0) is 11.2 Å². The molecule has 0 radical (unpaired) electrons. The number of anilines is 2. The standard InChI is InChI=1S/C26H21FN8O2/c1-3-17-11-12-29-26(33-17)37-20-10-7-16(13-19(20)27)22-23(34-35-24(22)25(28)30-14-31-35)15-5-8-18(9-6-15)32-21(36)4-2/h4-14H,2-3H2,1H3,(H,32,36)(H2,28,30,31). The maximum atomic E-state index is 15.2. The van der Waals surface area contributed by atoms with Gasteiger partial charge in [0.05, 0.1) is 0 Å². The van der Waals surface area contributed by atoms with Crippen LogP contribution >= 0.6 is 0 Å². The van der Waals surface area contributed by atoms with Crippen LogP contribution in [0.2, 0.25) is 0 Å². The van der Waals surface area contributed by atoms with Crippen LogP contribution in [0, 0.1) is 5.82 Å². The number of nitrogen functional groups attached to an aromatic ring is 1. The van der Waals surface area contributed by atoms with Gasteiger partial charge in [-0.15, -0.1) is 14.8 Å². The summed E-state index contributed by atoms with van der Waals surface area (Å²) in [5.74, 6) is -0.786. The Kier molecular flexibility index (Phi) is 6.25. The van der Waals surface area contributed by atoms with Gasteiger partial charge in [-0.2, -0.15) is 4.98 Å². The minimum Gasteiger partial charge on any atom is -0.421 e. The van der Waals surface area contributed by atoms with E-state index in [4.69, 9.17) is 10.5 Å². The molecule has 0 aliphatic rings. The average Bonchev–Trinajstić information content (AvgIpc) is 3.31. The third-order valence-electron chi connectivity index (χ3n) is 5.56. The molecule has 0 bridgehead atoms. The summed E-state index contributed by atoms with van der Waals surface area (Å²) in [6.45, 7) is 5.40. The Balaban J connectivity index is 1.57. The van der Waals surface area contributed by atoms with E-state index in [1.54, 1.807) is 42.6 Å². The van der Waals surface area contributed by atoms with Crippen molar-refractivity contribution in [3.05, 3.63) is 85.2 Å². The number of nitrogens with zero attached hydrogens (tertiary/aromatic N) is 6. The van der Waals surface area contributed by atoms with E-state index in [0.29, 0.717) is 40.0 Å². The highest BCUT2D eigenvalue weighted by molar-refractivity contribution is 5.99. The van der Waals surface area contributed by atoms with Crippen molar-refractivity contribution in [2.45, 2.75) is 13.3 Å². The molecule has 0 unspecified atom stereocenters. The lowest BCUT2D eigenvalue weighted by atomic mass is 9.99. The monoisotopic (exact) mass is 496 g/mol. The topological polar surface area (TPSA) is 133 Å². The quantitative estimate of drug-likeness (QED) is 0.316. The van der Waals surface area contributed by atoms with E-state index in [-0.39, 0.29) is 23.5 Å². The second-order valence-corrected chi connectivity index (χ2v) is 7.91. The Bertz CT molecular complexity index is 1630. The molecule has 0 aliphatic carbocycles. The number of aromatic nitrogens is 6. The largest absolute Gasteiger partial charge is 0.421 e. The van der Waals surface area contributed by atoms with Crippen molar-refractivity contribution in [1.82, 2.24) is 29.8 Å². The van der Waals surface area contributed by atoms with Gasteiger partial charge in [-0.05, 0) is 48.4 Å². The summed E-state index contributed by atoms with van der Waals surface area (Å²) in [5.41, 5.74) is 10.2. The van der Waals surface area contributed by atoms with Crippen molar-refractivity contribution in [2.24, 2.45) is 0 Å². The van der Waals surface area contributed by atoms with Gasteiger partial charge in [0, 0.05) is 28.7 Å². The fourth-order valence-electron chi connectivity index (χ4n) is 3.76. The molecule has 0 aliphatic heterocycles. The van der Waals surface area contributed by atoms with Gasteiger partial charge < -0.3 is 15.8 Å². The van der Waals surface area contributed by atoms with Crippen LogP contribution in [-0.4, -0.2) is 35.7 Å². The molecule has 0 spiro atoms. The number of aryl methyl sites for hydroxylation is 1. The van der Waals surface area contributed by atoms with Crippen LogP contribution in [0.25, 0.3) is 27.9 Å². The summed E-state index contributed by atoms with van der Waals surface area (Å²) in [4.78, 5) is 24.0. The number of rotatable bonds is 7. The third-order valence-corrected chi connectivity index (χ3v) is 5.56. The molecule has 11 heteroatoms. The first-order chi connectivity index (χ1) is 18.0. The normalized spacial score (nSPS) is 10.9. The van der Waals surface area contributed by atoms with Crippen molar-refractivity contribution < 1.29 is 13.9 Å². The second kappa shape index (κ2) is 9.82. The number of benzene rings is 2. The number of hydrogen-bond donors (Lipinski definition) is 2. The number of amides is 1. The van der Waals surface area contributed by atoms with Crippen LogP contribution in [0.15, 0.2) is 73.7 Å². The Hall–Kier alpha value is -5.19. The van der Waals surface area contributed by atoms with E-state index in [0.717, 1.165) is 5.69 Å². The molecule has 1 amide bonds. The SMILES string of the molecule is C=CC(=O)Nc1ccc(-c2nn3ncnc(N)c3c2-c2ccc(Oc3nccc(CC)n3)c(F)c2)cc1. The lowest BCUT2D eigenvalue weighted by Gasteiger charge is -2.09. The first-order valence-electron chi connectivity index (χ1n) is 11.3. The maximum absolute atomic E-state index is 15.2. The molecule has 10 nitrogen and oxygen atoms in total. The molecule has 3 aromatic heterocycles. The van der Waals surface area contributed by atoms with Gasteiger partial charge in [-0.3, -0.25) is 4.79 Å². The first-order valence-corrected chi connectivity index (χ1v) is 11.3. The van der Waals surface area contributed by atoms with Crippen LogP contribution in [0.3, 0.4) is 0 Å². The summed E-state index contributed by atoms with van der Waals surface area (Å²) >= 11 is 0. The van der Waals surface area contributed by atoms with Crippen LogP contribution < -0.4 is 15.8 Å². The number of nitrogens with one attached hydrogen (secondary N) is 1.